The van der Waals surface area contributed by atoms with Crippen LogP contribution < -0.4 is 4.90 Å². The zero-order valence-electron chi connectivity index (χ0n) is 14.2. The first-order chi connectivity index (χ1) is 11.5. The lowest BCUT2D eigenvalue weighted by atomic mass is 9.75. The number of piperidine rings is 1. The standard InChI is InChI=1S/C17H23N5O2/c1-12(23)21-8-4-17(5-9-21)14-11-22(16-18-6-3-7-19-16)10-13(14)15(24)20(17)2/h3,6-7,13-14H,4-5,8-11H2,1-2H3/t13-,14+/m0/s1. The first kappa shape index (κ1) is 15.4. The molecular formula is C17H23N5O2. The van der Waals surface area contributed by atoms with Crippen molar-refractivity contribution in [2.24, 2.45) is 11.8 Å². The van der Waals surface area contributed by atoms with E-state index in [-0.39, 0.29) is 29.2 Å². The Labute approximate surface area is 141 Å². The number of aromatic nitrogens is 2. The fraction of sp³-hybridized carbons (Fsp3) is 0.647. The number of nitrogens with zero attached hydrogens (tertiary/aromatic N) is 5. The van der Waals surface area contributed by atoms with Gasteiger partial charge in [-0.15, -0.1) is 0 Å². The van der Waals surface area contributed by atoms with Gasteiger partial charge in [0.2, 0.25) is 17.8 Å². The van der Waals surface area contributed by atoms with Crippen molar-refractivity contribution in [3.05, 3.63) is 18.5 Å². The smallest absolute Gasteiger partial charge is 0.228 e. The van der Waals surface area contributed by atoms with Crippen LogP contribution in [-0.4, -0.2) is 70.3 Å². The number of amides is 2. The predicted octanol–water partition coefficient (Wildman–Crippen LogP) is 0.382. The molecule has 0 bridgehead atoms. The maximum absolute atomic E-state index is 12.8. The molecule has 4 rings (SSSR count). The van der Waals surface area contributed by atoms with E-state index in [4.69, 9.17) is 0 Å². The Kier molecular flexibility index (Phi) is 3.47. The summed E-state index contributed by atoms with van der Waals surface area (Å²) in [4.78, 5) is 39.1. The van der Waals surface area contributed by atoms with Crippen LogP contribution in [0.25, 0.3) is 0 Å². The average Bonchev–Trinajstić information content (AvgIpc) is 3.13. The van der Waals surface area contributed by atoms with E-state index in [1.807, 2.05) is 16.8 Å². The summed E-state index contributed by atoms with van der Waals surface area (Å²) in [6.45, 7) is 4.59. The molecule has 2 amide bonds. The third kappa shape index (κ3) is 2.10. The van der Waals surface area contributed by atoms with Crippen LogP contribution in [0, 0.1) is 11.8 Å². The monoisotopic (exact) mass is 329 g/mol. The Bertz CT molecular complexity index is 656. The van der Waals surface area contributed by atoms with Gasteiger partial charge in [-0.2, -0.15) is 0 Å². The summed E-state index contributed by atoms with van der Waals surface area (Å²) in [7, 11) is 1.94. The van der Waals surface area contributed by atoms with Crippen molar-refractivity contribution in [2.45, 2.75) is 25.3 Å². The number of fused-ring (bicyclic) bond motifs is 2. The molecule has 0 radical (unpaired) electrons. The molecule has 3 fully saturated rings. The Morgan fingerprint density at radius 3 is 2.50 bits per heavy atom. The summed E-state index contributed by atoms with van der Waals surface area (Å²) in [6.07, 6.45) is 5.20. The van der Waals surface area contributed by atoms with Crippen molar-refractivity contribution < 1.29 is 9.59 Å². The molecular weight excluding hydrogens is 306 g/mol. The second-order valence-corrected chi connectivity index (χ2v) is 7.17. The summed E-state index contributed by atoms with van der Waals surface area (Å²) in [5, 5.41) is 0. The van der Waals surface area contributed by atoms with Gasteiger partial charge in [-0.3, -0.25) is 9.59 Å². The maximum Gasteiger partial charge on any atom is 0.228 e. The molecule has 1 aromatic rings. The fourth-order valence-electron chi connectivity index (χ4n) is 4.85. The normalized spacial score (nSPS) is 28.6. The summed E-state index contributed by atoms with van der Waals surface area (Å²) in [5.41, 5.74) is -0.128. The first-order valence-electron chi connectivity index (χ1n) is 8.58. The maximum atomic E-state index is 12.8. The van der Waals surface area contributed by atoms with Crippen LogP contribution >= 0.6 is 0 Å². The molecule has 7 nitrogen and oxygen atoms in total. The molecule has 1 aromatic heterocycles. The van der Waals surface area contributed by atoms with Crippen LogP contribution in [-0.2, 0) is 9.59 Å². The number of hydrogen-bond donors (Lipinski definition) is 0. The Hall–Kier alpha value is -2.18. The SMILES string of the molecule is CC(=O)N1CCC2(CC1)[C@@H]1CN(c3ncccn3)C[C@@H]1C(=O)N2C. The van der Waals surface area contributed by atoms with Gasteiger partial charge in [0.15, 0.2) is 0 Å². The highest BCUT2D eigenvalue weighted by Gasteiger charge is 2.60. The molecule has 128 valence electrons. The second kappa shape index (κ2) is 5.43. The molecule has 3 aliphatic rings. The molecule has 1 spiro atoms. The zero-order valence-corrected chi connectivity index (χ0v) is 14.2. The van der Waals surface area contributed by atoms with Crippen molar-refractivity contribution in [3.63, 3.8) is 0 Å². The molecule has 24 heavy (non-hydrogen) atoms. The molecule has 3 saturated heterocycles. The van der Waals surface area contributed by atoms with E-state index in [0.29, 0.717) is 12.5 Å². The molecule has 3 aliphatic heterocycles. The molecule has 0 N–H and O–H groups in total. The Balaban J connectivity index is 1.58. The van der Waals surface area contributed by atoms with Crippen LogP contribution in [0.2, 0.25) is 0 Å². The van der Waals surface area contributed by atoms with E-state index in [0.717, 1.165) is 32.5 Å². The van der Waals surface area contributed by atoms with Crippen LogP contribution in [0.4, 0.5) is 5.95 Å². The van der Waals surface area contributed by atoms with Crippen LogP contribution in [0.15, 0.2) is 18.5 Å². The third-order valence-corrected chi connectivity index (χ3v) is 6.24. The summed E-state index contributed by atoms with van der Waals surface area (Å²) >= 11 is 0. The summed E-state index contributed by atoms with van der Waals surface area (Å²) in [6, 6.07) is 1.80. The van der Waals surface area contributed by atoms with Gasteiger partial charge in [-0.25, -0.2) is 9.97 Å². The topological polar surface area (TPSA) is 69.6 Å². The number of anilines is 1. The van der Waals surface area contributed by atoms with Gasteiger partial charge in [0.1, 0.15) is 0 Å². The van der Waals surface area contributed by atoms with E-state index in [9.17, 15) is 9.59 Å². The van der Waals surface area contributed by atoms with Gasteiger partial charge in [0.25, 0.3) is 0 Å². The molecule has 2 atom stereocenters. The predicted molar refractivity (Wildman–Crippen MR) is 88.2 cm³/mol. The van der Waals surface area contributed by atoms with Gasteiger partial charge < -0.3 is 14.7 Å². The van der Waals surface area contributed by atoms with Gasteiger partial charge in [0, 0.05) is 58.5 Å². The largest absolute Gasteiger partial charge is 0.343 e. The van der Waals surface area contributed by atoms with E-state index in [2.05, 4.69) is 14.9 Å². The molecule has 0 saturated carbocycles. The summed E-state index contributed by atoms with van der Waals surface area (Å²) < 4.78 is 0. The lowest BCUT2D eigenvalue weighted by molar-refractivity contribution is -0.135. The van der Waals surface area contributed by atoms with Crippen molar-refractivity contribution in [1.82, 2.24) is 19.8 Å². The lowest BCUT2D eigenvalue weighted by Gasteiger charge is -2.46. The molecule has 7 heteroatoms. The van der Waals surface area contributed by atoms with Crippen LogP contribution in [0.1, 0.15) is 19.8 Å². The van der Waals surface area contributed by atoms with Gasteiger partial charge in [-0.1, -0.05) is 0 Å². The molecule has 0 aromatic carbocycles. The van der Waals surface area contributed by atoms with E-state index in [1.165, 1.54) is 0 Å². The number of rotatable bonds is 1. The van der Waals surface area contributed by atoms with Gasteiger partial charge >= 0.3 is 0 Å². The highest BCUT2D eigenvalue weighted by atomic mass is 16.2. The van der Waals surface area contributed by atoms with Crippen LogP contribution in [0.3, 0.4) is 0 Å². The van der Waals surface area contributed by atoms with Crippen molar-refractivity contribution in [3.8, 4) is 0 Å². The number of hydrogen-bond acceptors (Lipinski definition) is 5. The van der Waals surface area contributed by atoms with Crippen molar-refractivity contribution >= 4 is 17.8 Å². The summed E-state index contributed by atoms with van der Waals surface area (Å²) in [5.74, 6) is 1.36. The van der Waals surface area contributed by atoms with E-state index >= 15 is 0 Å². The minimum absolute atomic E-state index is 0.0164. The molecule has 0 aliphatic carbocycles. The van der Waals surface area contributed by atoms with E-state index < -0.39 is 0 Å². The van der Waals surface area contributed by atoms with Crippen LogP contribution in [0.5, 0.6) is 0 Å². The van der Waals surface area contributed by atoms with Gasteiger partial charge in [-0.05, 0) is 18.9 Å². The van der Waals surface area contributed by atoms with Crippen molar-refractivity contribution in [2.75, 3.05) is 38.1 Å². The Morgan fingerprint density at radius 2 is 1.88 bits per heavy atom. The fourth-order valence-corrected chi connectivity index (χ4v) is 4.85. The minimum atomic E-state index is -0.128. The average molecular weight is 329 g/mol. The third-order valence-electron chi connectivity index (χ3n) is 6.24. The second-order valence-electron chi connectivity index (χ2n) is 7.17. The van der Waals surface area contributed by atoms with Crippen molar-refractivity contribution in [1.29, 1.82) is 0 Å². The highest BCUT2D eigenvalue weighted by molar-refractivity contribution is 5.84. The highest BCUT2D eigenvalue weighted by Crippen LogP contribution is 2.49. The number of likely N-dealkylation sites (tertiary alicyclic amines) is 2. The molecule has 4 heterocycles. The zero-order chi connectivity index (χ0) is 16.9. The number of carbonyl (C=O) groups excluding carboxylic acids is 2. The lowest BCUT2D eigenvalue weighted by Crippen LogP contribution is -2.56. The van der Waals surface area contributed by atoms with E-state index in [1.54, 1.807) is 25.4 Å². The Morgan fingerprint density at radius 1 is 1.21 bits per heavy atom. The molecule has 0 unspecified atom stereocenters. The quantitative estimate of drug-likeness (QED) is 0.745. The number of carbonyl (C=O) groups is 2. The first-order valence-corrected chi connectivity index (χ1v) is 8.58. The minimum Gasteiger partial charge on any atom is -0.343 e. The van der Waals surface area contributed by atoms with Gasteiger partial charge in [0.05, 0.1) is 11.5 Å².